The molecule has 0 saturated heterocycles. The zero-order chi connectivity index (χ0) is 8.15. The van der Waals surface area contributed by atoms with Gasteiger partial charge in [0, 0.05) is 27.3 Å². The van der Waals surface area contributed by atoms with Crippen LogP contribution in [0.3, 0.4) is 0 Å². The molecule has 1 amide bonds. The molecule has 0 heterocycles. The molecular weight excluding hydrogens is 130 g/mol. The van der Waals surface area contributed by atoms with Gasteiger partial charge in [-0.15, -0.1) is 0 Å². The van der Waals surface area contributed by atoms with Gasteiger partial charge in [-0.05, 0) is 0 Å². The zero-order valence-corrected chi connectivity index (χ0v) is 6.51. The summed E-state index contributed by atoms with van der Waals surface area (Å²) in [5, 5.41) is 2.41. The third-order valence-electron chi connectivity index (χ3n) is 0.887. The van der Waals surface area contributed by atoms with Crippen LogP contribution in [0.15, 0.2) is 11.9 Å². The van der Waals surface area contributed by atoms with Crippen molar-refractivity contribution < 1.29 is 4.79 Å². The molecule has 0 spiro atoms. The molecule has 10 heavy (non-hydrogen) atoms. The first-order valence-electron chi connectivity index (χ1n) is 2.93. The summed E-state index contributed by atoms with van der Waals surface area (Å²) in [6.07, 6.45) is 1.55. The van der Waals surface area contributed by atoms with Gasteiger partial charge < -0.3 is 16.0 Å². The molecule has 4 heteroatoms. The molecule has 0 atom stereocenters. The number of nitrogens with zero attached hydrogens (tertiary/aromatic N) is 1. The molecule has 0 aromatic carbocycles. The van der Waals surface area contributed by atoms with Crippen molar-refractivity contribution in [2.45, 2.75) is 0 Å². The molecule has 0 radical (unpaired) electrons. The fourth-order valence-corrected chi connectivity index (χ4v) is 0.481. The summed E-state index contributed by atoms with van der Waals surface area (Å²) in [4.78, 5) is 12.4. The maximum atomic E-state index is 10.7. The minimum absolute atomic E-state index is 0.215. The fourth-order valence-electron chi connectivity index (χ4n) is 0.481. The Morgan fingerprint density at radius 3 is 2.40 bits per heavy atom. The van der Waals surface area contributed by atoms with Crippen molar-refractivity contribution in [2.75, 3.05) is 21.1 Å². The molecule has 3 N–H and O–H groups in total. The first-order valence-corrected chi connectivity index (χ1v) is 2.93. The van der Waals surface area contributed by atoms with Crippen LogP contribution < -0.4 is 11.1 Å². The monoisotopic (exact) mass is 143 g/mol. The Bertz CT molecular complexity index is 151. The van der Waals surface area contributed by atoms with Crippen LogP contribution in [0.5, 0.6) is 0 Å². The predicted molar refractivity (Wildman–Crippen MR) is 40.0 cm³/mol. The van der Waals surface area contributed by atoms with Gasteiger partial charge in [-0.25, -0.2) is 0 Å². The number of carbonyl (C=O) groups excluding carboxylic acids is 1. The highest BCUT2D eigenvalue weighted by Crippen LogP contribution is 1.84. The third-order valence-corrected chi connectivity index (χ3v) is 0.887. The van der Waals surface area contributed by atoms with E-state index in [0.717, 1.165) is 0 Å². The minimum atomic E-state index is -0.256. The van der Waals surface area contributed by atoms with Crippen molar-refractivity contribution in [1.82, 2.24) is 10.2 Å². The van der Waals surface area contributed by atoms with Crippen LogP contribution in [0.25, 0.3) is 0 Å². The molecule has 4 nitrogen and oxygen atoms in total. The second-order valence-electron chi connectivity index (χ2n) is 2.13. The van der Waals surface area contributed by atoms with Crippen molar-refractivity contribution in [3.05, 3.63) is 11.9 Å². The number of hydrogen-bond donors (Lipinski definition) is 2. The van der Waals surface area contributed by atoms with Gasteiger partial charge in [0.25, 0.3) is 5.91 Å². The maximum absolute atomic E-state index is 10.7. The Kier molecular flexibility index (Phi) is 3.32. The minimum Gasteiger partial charge on any atom is -0.393 e. The molecule has 0 bridgehead atoms. The van der Waals surface area contributed by atoms with Gasteiger partial charge in [0.15, 0.2) is 0 Å². The molecule has 0 aliphatic rings. The molecule has 0 aliphatic heterocycles. The Morgan fingerprint density at radius 1 is 1.60 bits per heavy atom. The Morgan fingerprint density at radius 2 is 2.10 bits per heavy atom. The topological polar surface area (TPSA) is 58.4 Å². The maximum Gasteiger partial charge on any atom is 0.268 e. The Balaban J connectivity index is 4.05. The molecule has 0 rings (SSSR count). The van der Waals surface area contributed by atoms with E-state index in [-0.39, 0.29) is 11.6 Å². The van der Waals surface area contributed by atoms with Gasteiger partial charge in [-0.2, -0.15) is 0 Å². The highest BCUT2D eigenvalue weighted by Gasteiger charge is 1.99. The average Bonchev–Trinajstić information content (AvgIpc) is 1.85. The summed E-state index contributed by atoms with van der Waals surface area (Å²) in [7, 11) is 5.14. The number of amides is 1. The van der Waals surface area contributed by atoms with Gasteiger partial charge in [-0.1, -0.05) is 0 Å². The average molecular weight is 143 g/mol. The first kappa shape index (κ1) is 8.81. The van der Waals surface area contributed by atoms with Crippen LogP contribution in [-0.4, -0.2) is 32.0 Å². The van der Waals surface area contributed by atoms with E-state index in [2.05, 4.69) is 5.32 Å². The third kappa shape index (κ3) is 2.96. The summed E-state index contributed by atoms with van der Waals surface area (Å²) in [6.45, 7) is 0. The van der Waals surface area contributed by atoms with Crippen molar-refractivity contribution in [3.63, 3.8) is 0 Å². The zero-order valence-electron chi connectivity index (χ0n) is 6.51. The summed E-state index contributed by atoms with van der Waals surface area (Å²) in [5.74, 6) is -0.256. The normalized spacial score (nSPS) is 10.9. The van der Waals surface area contributed by atoms with Gasteiger partial charge in [-0.3, -0.25) is 4.79 Å². The van der Waals surface area contributed by atoms with E-state index in [1.165, 1.54) is 0 Å². The van der Waals surface area contributed by atoms with Crippen molar-refractivity contribution in [2.24, 2.45) is 5.73 Å². The fraction of sp³-hybridized carbons (Fsp3) is 0.500. The lowest BCUT2D eigenvalue weighted by Crippen LogP contribution is -2.26. The van der Waals surface area contributed by atoms with Crippen LogP contribution in [0, 0.1) is 0 Å². The molecule has 0 fully saturated rings. The van der Waals surface area contributed by atoms with Gasteiger partial charge in [0.05, 0.1) is 0 Å². The number of likely N-dealkylation sites (N-methyl/N-ethyl adjacent to an activating group) is 1. The number of hydrogen-bond acceptors (Lipinski definition) is 3. The van der Waals surface area contributed by atoms with Gasteiger partial charge in [0.2, 0.25) is 0 Å². The molecule has 0 unspecified atom stereocenters. The largest absolute Gasteiger partial charge is 0.393 e. The van der Waals surface area contributed by atoms with Crippen LogP contribution in [0.4, 0.5) is 0 Å². The van der Waals surface area contributed by atoms with Crippen molar-refractivity contribution in [3.8, 4) is 0 Å². The molecular formula is C6H13N3O. The van der Waals surface area contributed by atoms with E-state index in [4.69, 9.17) is 5.73 Å². The van der Waals surface area contributed by atoms with E-state index < -0.39 is 0 Å². The van der Waals surface area contributed by atoms with E-state index in [9.17, 15) is 4.79 Å². The molecule has 0 aromatic rings. The molecule has 58 valence electrons. The van der Waals surface area contributed by atoms with E-state index in [1.54, 1.807) is 32.2 Å². The van der Waals surface area contributed by atoms with Crippen molar-refractivity contribution in [1.29, 1.82) is 0 Å². The smallest absolute Gasteiger partial charge is 0.268 e. The lowest BCUT2D eigenvalue weighted by molar-refractivity contribution is -0.117. The summed E-state index contributed by atoms with van der Waals surface area (Å²) in [5.41, 5.74) is 5.55. The standard InChI is InChI=1S/C6H13N3O/c1-8-6(10)5(7)4-9(2)3/h4H,7H2,1-3H3,(H,8,10)/b5-4-. The van der Waals surface area contributed by atoms with E-state index in [1.807, 2.05) is 0 Å². The van der Waals surface area contributed by atoms with Crippen LogP contribution in [0.1, 0.15) is 0 Å². The highest BCUT2D eigenvalue weighted by atomic mass is 16.1. The SMILES string of the molecule is CNC(=O)/C(N)=C/N(C)C. The lowest BCUT2D eigenvalue weighted by atomic mass is 10.4. The van der Waals surface area contributed by atoms with Gasteiger partial charge in [0.1, 0.15) is 5.70 Å². The highest BCUT2D eigenvalue weighted by molar-refractivity contribution is 5.91. The van der Waals surface area contributed by atoms with Crippen LogP contribution >= 0.6 is 0 Å². The van der Waals surface area contributed by atoms with Crippen molar-refractivity contribution >= 4 is 5.91 Å². The van der Waals surface area contributed by atoms with Crippen LogP contribution in [-0.2, 0) is 4.79 Å². The lowest BCUT2D eigenvalue weighted by Gasteiger charge is -2.06. The number of nitrogens with one attached hydrogen (secondary N) is 1. The summed E-state index contributed by atoms with van der Waals surface area (Å²) in [6, 6.07) is 0. The molecule has 0 saturated carbocycles. The summed E-state index contributed by atoms with van der Waals surface area (Å²) >= 11 is 0. The predicted octanol–water partition coefficient (Wildman–Crippen LogP) is -0.906. The van der Waals surface area contributed by atoms with Gasteiger partial charge >= 0.3 is 0 Å². The first-order chi connectivity index (χ1) is 4.57. The van der Waals surface area contributed by atoms with E-state index in [0.29, 0.717) is 0 Å². The molecule has 0 aromatic heterocycles. The van der Waals surface area contributed by atoms with Crippen LogP contribution in [0.2, 0.25) is 0 Å². The number of carbonyl (C=O) groups is 1. The second kappa shape index (κ2) is 3.76. The second-order valence-corrected chi connectivity index (χ2v) is 2.13. The summed E-state index contributed by atoms with van der Waals surface area (Å²) < 4.78 is 0. The number of rotatable bonds is 2. The molecule has 0 aliphatic carbocycles. The quantitative estimate of drug-likeness (QED) is 0.492. The number of nitrogens with two attached hydrogens (primary N) is 1. The van der Waals surface area contributed by atoms with E-state index >= 15 is 0 Å². The Labute approximate surface area is 60.7 Å². The Hall–Kier alpha value is -1.19.